The zero-order chi connectivity index (χ0) is 8.43. The highest BCUT2D eigenvalue weighted by molar-refractivity contribution is 9.10. The normalized spacial score (nSPS) is 9.64. The van der Waals surface area contributed by atoms with E-state index in [0.29, 0.717) is 0 Å². The molecule has 0 atom stereocenters. The summed E-state index contributed by atoms with van der Waals surface area (Å²) in [7, 11) is 1.23. The van der Waals surface area contributed by atoms with Gasteiger partial charge < -0.3 is 14.9 Å². The number of nitrogen functional groups attached to an aromatic ring is 1. The van der Waals surface area contributed by atoms with E-state index in [1.165, 1.54) is 7.11 Å². The molecule has 60 valence electrons. The van der Waals surface area contributed by atoms with Crippen molar-refractivity contribution in [3.8, 4) is 0 Å². The zero-order valence-corrected chi connectivity index (χ0v) is 7.21. The van der Waals surface area contributed by atoms with Crippen LogP contribution in [0, 0.1) is 0 Å². The standard InChI is InChI=1S/C5H5BrN2O3/c1-10-4(9)2-3(7)8-5(6)11-2/h7H2,1H3. The van der Waals surface area contributed by atoms with Crippen LogP contribution in [0.2, 0.25) is 0 Å². The van der Waals surface area contributed by atoms with E-state index in [0.717, 1.165) is 0 Å². The van der Waals surface area contributed by atoms with Crippen LogP contribution in [0.15, 0.2) is 9.22 Å². The van der Waals surface area contributed by atoms with Crippen LogP contribution in [0.4, 0.5) is 5.82 Å². The van der Waals surface area contributed by atoms with Gasteiger partial charge in [0.1, 0.15) is 0 Å². The second-order valence-electron chi connectivity index (χ2n) is 1.67. The lowest BCUT2D eigenvalue weighted by atomic mass is 10.5. The summed E-state index contributed by atoms with van der Waals surface area (Å²) in [5.74, 6) is -0.705. The number of hydrogen-bond donors (Lipinski definition) is 1. The molecule has 0 bridgehead atoms. The second kappa shape index (κ2) is 2.91. The molecular formula is C5H5BrN2O3. The maximum atomic E-state index is 10.8. The summed E-state index contributed by atoms with van der Waals surface area (Å²) >= 11 is 2.91. The summed E-state index contributed by atoms with van der Waals surface area (Å²) in [6.45, 7) is 0. The molecular weight excluding hydrogens is 216 g/mol. The van der Waals surface area contributed by atoms with Gasteiger partial charge in [-0.3, -0.25) is 0 Å². The zero-order valence-electron chi connectivity index (χ0n) is 5.63. The lowest BCUT2D eigenvalue weighted by Gasteiger charge is -1.91. The average Bonchev–Trinajstić information content (AvgIpc) is 2.28. The Labute approximate surface area is 70.7 Å². The third kappa shape index (κ3) is 1.51. The number of rotatable bonds is 1. The predicted octanol–water partition coefficient (Wildman–Crippen LogP) is 0.806. The van der Waals surface area contributed by atoms with E-state index >= 15 is 0 Å². The average molecular weight is 221 g/mol. The van der Waals surface area contributed by atoms with Crippen LogP contribution in [-0.4, -0.2) is 18.1 Å². The lowest BCUT2D eigenvalue weighted by Crippen LogP contribution is -2.02. The van der Waals surface area contributed by atoms with Crippen molar-refractivity contribution in [1.82, 2.24) is 4.98 Å². The minimum Gasteiger partial charge on any atom is -0.463 e. The van der Waals surface area contributed by atoms with E-state index in [1.54, 1.807) is 0 Å². The summed E-state index contributed by atoms with van der Waals surface area (Å²) in [5, 5.41) is 0. The number of oxazole rings is 1. The minimum atomic E-state index is -0.638. The van der Waals surface area contributed by atoms with Crippen LogP contribution in [0.5, 0.6) is 0 Å². The van der Waals surface area contributed by atoms with Gasteiger partial charge in [-0.05, 0) is 0 Å². The van der Waals surface area contributed by atoms with E-state index in [9.17, 15) is 4.79 Å². The third-order valence-electron chi connectivity index (χ3n) is 0.998. The maximum Gasteiger partial charge on any atom is 0.378 e. The number of halogens is 1. The van der Waals surface area contributed by atoms with Crippen molar-refractivity contribution < 1.29 is 13.9 Å². The Bertz CT molecular complexity index is 283. The van der Waals surface area contributed by atoms with Gasteiger partial charge in [0.25, 0.3) is 10.6 Å². The van der Waals surface area contributed by atoms with Gasteiger partial charge in [0.15, 0.2) is 5.82 Å². The summed E-state index contributed by atoms with van der Waals surface area (Å²) in [5.41, 5.74) is 5.28. The third-order valence-corrected chi connectivity index (χ3v) is 1.34. The number of nitrogens with two attached hydrogens (primary N) is 1. The molecule has 1 rings (SSSR count). The molecule has 0 aromatic carbocycles. The maximum absolute atomic E-state index is 10.8. The van der Waals surface area contributed by atoms with Gasteiger partial charge in [-0.15, -0.1) is 0 Å². The van der Waals surface area contributed by atoms with Gasteiger partial charge in [-0.25, -0.2) is 4.79 Å². The number of esters is 1. The highest BCUT2D eigenvalue weighted by Crippen LogP contribution is 2.17. The Morgan fingerprint density at radius 3 is 2.82 bits per heavy atom. The summed E-state index contributed by atoms with van der Waals surface area (Å²) in [6.07, 6.45) is 0. The van der Waals surface area contributed by atoms with Crippen LogP contribution in [0.25, 0.3) is 0 Å². The summed E-state index contributed by atoms with van der Waals surface area (Å²) in [4.78, 5) is 14.6. The van der Waals surface area contributed by atoms with Gasteiger partial charge in [-0.1, -0.05) is 0 Å². The first-order valence-corrected chi connectivity index (χ1v) is 3.44. The first kappa shape index (κ1) is 8.06. The molecule has 0 saturated carbocycles. The van der Waals surface area contributed by atoms with Gasteiger partial charge >= 0.3 is 5.97 Å². The van der Waals surface area contributed by atoms with Crippen LogP contribution in [-0.2, 0) is 4.74 Å². The predicted molar refractivity (Wildman–Crippen MR) is 40.0 cm³/mol. The van der Waals surface area contributed by atoms with Crippen LogP contribution in [0.3, 0.4) is 0 Å². The number of ether oxygens (including phenoxy) is 1. The molecule has 0 fully saturated rings. The van der Waals surface area contributed by atoms with Gasteiger partial charge in [-0.2, -0.15) is 4.98 Å². The van der Waals surface area contributed by atoms with Crippen LogP contribution < -0.4 is 5.73 Å². The molecule has 0 saturated heterocycles. The molecule has 0 radical (unpaired) electrons. The number of hydrogen-bond acceptors (Lipinski definition) is 5. The Balaban J connectivity index is 3.03. The van der Waals surface area contributed by atoms with Crippen molar-refractivity contribution >= 4 is 27.7 Å². The minimum absolute atomic E-state index is 0.0173. The molecule has 1 heterocycles. The van der Waals surface area contributed by atoms with Crippen LogP contribution in [0.1, 0.15) is 10.6 Å². The molecule has 0 aliphatic rings. The van der Waals surface area contributed by atoms with Gasteiger partial charge in [0, 0.05) is 15.9 Å². The van der Waals surface area contributed by atoms with Gasteiger partial charge in [0.2, 0.25) is 0 Å². The first-order valence-electron chi connectivity index (χ1n) is 2.65. The van der Waals surface area contributed by atoms with Crippen molar-refractivity contribution in [2.24, 2.45) is 0 Å². The topological polar surface area (TPSA) is 78.3 Å². The number of aromatic nitrogens is 1. The number of carbonyl (C=O) groups excluding carboxylic acids is 1. The monoisotopic (exact) mass is 220 g/mol. The smallest absolute Gasteiger partial charge is 0.378 e. The molecule has 0 spiro atoms. The molecule has 0 unspecified atom stereocenters. The molecule has 0 amide bonds. The Kier molecular flexibility index (Phi) is 2.13. The number of carbonyl (C=O) groups is 1. The Morgan fingerprint density at radius 1 is 1.82 bits per heavy atom. The molecule has 6 heteroatoms. The lowest BCUT2D eigenvalue weighted by molar-refractivity contribution is 0.0565. The van der Waals surface area contributed by atoms with E-state index in [2.05, 4.69) is 25.7 Å². The van der Waals surface area contributed by atoms with E-state index < -0.39 is 5.97 Å². The van der Waals surface area contributed by atoms with Crippen molar-refractivity contribution in [2.45, 2.75) is 0 Å². The van der Waals surface area contributed by atoms with E-state index in [4.69, 9.17) is 10.2 Å². The highest BCUT2D eigenvalue weighted by atomic mass is 79.9. The number of nitrogens with zero attached hydrogens (tertiary/aromatic N) is 1. The number of anilines is 1. The second-order valence-corrected chi connectivity index (χ2v) is 2.35. The van der Waals surface area contributed by atoms with Gasteiger partial charge in [0.05, 0.1) is 7.11 Å². The van der Waals surface area contributed by atoms with E-state index in [-0.39, 0.29) is 16.4 Å². The highest BCUT2D eigenvalue weighted by Gasteiger charge is 2.17. The van der Waals surface area contributed by atoms with Crippen molar-refractivity contribution in [1.29, 1.82) is 0 Å². The SMILES string of the molecule is COC(=O)c1oc(Br)nc1N. The summed E-state index contributed by atoms with van der Waals surface area (Å²) < 4.78 is 9.13. The molecule has 5 nitrogen and oxygen atoms in total. The first-order chi connectivity index (χ1) is 5.15. The molecule has 1 aromatic heterocycles. The quantitative estimate of drug-likeness (QED) is 0.709. The largest absolute Gasteiger partial charge is 0.463 e. The Morgan fingerprint density at radius 2 is 2.45 bits per heavy atom. The van der Waals surface area contributed by atoms with Crippen molar-refractivity contribution in [2.75, 3.05) is 12.8 Å². The fourth-order valence-electron chi connectivity index (χ4n) is 0.544. The van der Waals surface area contributed by atoms with Crippen molar-refractivity contribution in [3.05, 3.63) is 10.6 Å². The fraction of sp³-hybridized carbons (Fsp3) is 0.200. The van der Waals surface area contributed by atoms with Crippen LogP contribution >= 0.6 is 15.9 Å². The molecule has 11 heavy (non-hydrogen) atoms. The fourth-order valence-corrected chi connectivity index (χ4v) is 0.897. The molecule has 1 aromatic rings. The Hall–Kier alpha value is -1.04. The van der Waals surface area contributed by atoms with E-state index in [1.807, 2.05) is 0 Å². The van der Waals surface area contributed by atoms with Crippen molar-refractivity contribution in [3.63, 3.8) is 0 Å². The number of methoxy groups -OCH3 is 1. The molecule has 0 aliphatic carbocycles. The molecule has 0 aliphatic heterocycles. The summed E-state index contributed by atoms with van der Waals surface area (Å²) in [6, 6.07) is 0. The molecule has 2 N–H and O–H groups in total.